The normalized spacial score (nSPS) is 16.4. The highest BCUT2D eigenvalue weighted by molar-refractivity contribution is 5.82. The van der Waals surface area contributed by atoms with Gasteiger partial charge < -0.3 is 20.1 Å². The first-order valence-corrected chi connectivity index (χ1v) is 8.12. The maximum atomic E-state index is 12.8. The van der Waals surface area contributed by atoms with Gasteiger partial charge in [0, 0.05) is 32.7 Å². The number of rotatable bonds is 7. The molecule has 2 N–H and O–H groups in total. The molecule has 128 valence electrons. The van der Waals surface area contributed by atoms with Crippen LogP contribution in [0.1, 0.15) is 5.56 Å². The largest absolute Gasteiger partial charge is 0.491 e. The van der Waals surface area contributed by atoms with Crippen LogP contribution in [-0.2, 0) is 4.79 Å². The summed E-state index contributed by atoms with van der Waals surface area (Å²) in [5.41, 5.74) is 1.12. The second-order valence-corrected chi connectivity index (χ2v) is 5.92. The summed E-state index contributed by atoms with van der Waals surface area (Å²) in [6.07, 6.45) is 0. The lowest BCUT2D eigenvalue weighted by Gasteiger charge is -2.34. The Kier molecular flexibility index (Phi) is 6.83. The van der Waals surface area contributed by atoms with Crippen LogP contribution in [0.5, 0.6) is 5.75 Å². The molecular formula is C17H27N3O3. The van der Waals surface area contributed by atoms with E-state index in [1.165, 1.54) is 0 Å². The van der Waals surface area contributed by atoms with Crippen molar-refractivity contribution in [2.75, 3.05) is 53.0 Å². The number of likely N-dealkylation sites (N-methyl/N-ethyl adjacent to an activating group) is 1. The molecule has 23 heavy (non-hydrogen) atoms. The summed E-state index contributed by atoms with van der Waals surface area (Å²) in [6.45, 7) is 5.82. The lowest BCUT2D eigenvalue weighted by molar-refractivity contribution is -0.138. The number of aryl methyl sites for hydroxylation is 1. The van der Waals surface area contributed by atoms with Gasteiger partial charge in [0.2, 0.25) is 5.91 Å². The van der Waals surface area contributed by atoms with Gasteiger partial charge in [0.05, 0.1) is 6.61 Å². The number of carbonyl (C=O) groups excluding carboxylic acids is 1. The fourth-order valence-corrected chi connectivity index (χ4v) is 2.68. The first-order chi connectivity index (χ1) is 11.1. The van der Waals surface area contributed by atoms with Gasteiger partial charge in [-0.15, -0.1) is 0 Å². The third kappa shape index (κ3) is 5.20. The highest BCUT2D eigenvalue weighted by atomic mass is 16.5. The van der Waals surface area contributed by atoms with Gasteiger partial charge in [0.1, 0.15) is 18.4 Å². The predicted octanol–water partition coefficient (Wildman–Crippen LogP) is 0.0983. The van der Waals surface area contributed by atoms with E-state index in [1.54, 1.807) is 0 Å². The summed E-state index contributed by atoms with van der Waals surface area (Å²) in [4.78, 5) is 16.5. The Labute approximate surface area is 138 Å². The van der Waals surface area contributed by atoms with Crippen LogP contribution in [0.25, 0.3) is 0 Å². The molecular weight excluding hydrogens is 294 g/mol. The van der Waals surface area contributed by atoms with Crippen LogP contribution in [0, 0.1) is 6.92 Å². The highest BCUT2D eigenvalue weighted by Gasteiger charge is 2.29. The van der Waals surface area contributed by atoms with Gasteiger partial charge in [-0.05, 0) is 31.7 Å². The molecule has 6 nitrogen and oxygen atoms in total. The number of hydrogen-bond donors (Lipinski definition) is 2. The second-order valence-electron chi connectivity index (χ2n) is 5.92. The van der Waals surface area contributed by atoms with E-state index >= 15 is 0 Å². The van der Waals surface area contributed by atoms with E-state index in [0.717, 1.165) is 24.4 Å². The average molecular weight is 321 g/mol. The predicted molar refractivity (Wildman–Crippen MR) is 89.6 cm³/mol. The molecule has 0 aromatic heterocycles. The molecule has 1 unspecified atom stereocenters. The highest BCUT2D eigenvalue weighted by Crippen LogP contribution is 2.14. The molecule has 0 spiro atoms. The van der Waals surface area contributed by atoms with Gasteiger partial charge in [-0.2, -0.15) is 0 Å². The number of nitrogens with zero attached hydrogens (tertiary/aromatic N) is 2. The van der Waals surface area contributed by atoms with Gasteiger partial charge in [-0.3, -0.25) is 9.69 Å². The summed E-state index contributed by atoms with van der Waals surface area (Å²) in [7, 11) is 1.85. The maximum absolute atomic E-state index is 12.8. The van der Waals surface area contributed by atoms with E-state index < -0.39 is 0 Å². The zero-order valence-electron chi connectivity index (χ0n) is 14.0. The lowest BCUT2D eigenvalue weighted by atomic mass is 10.2. The van der Waals surface area contributed by atoms with Crippen LogP contribution >= 0.6 is 0 Å². The third-order valence-corrected chi connectivity index (χ3v) is 4.10. The molecule has 1 aromatic rings. The van der Waals surface area contributed by atoms with Crippen molar-refractivity contribution < 1.29 is 14.6 Å². The van der Waals surface area contributed by atoms with Crippen LogP contribution in [0.2, 0.25) is 0 Å². The molecule has 0 radical (unpaired) electrons. The topological polar surface area (TPSA) is 65.0 Å². The van der Waals surface area contributed by atoms with Crippen molar-refractivity contribution >= 4 is 5.91 Å². The molecule has 1 aliphatic heterocycles. The monoisotopic (exact) mass is 321 g/mol. The van der Waals surface area contributed by atoms with E-state index in [2.05, 4.69) is 5.32 Å². The fourth-order valence-electron chi connectivity index (χ4n) is 2.68. The fraction of sp³-hybridized carbons (Fsp3) is 0.588. The zero-order valence-corrected chi connectivity index (χ0v) is 14.0. The maximum Gasteiger partial charge on any atom is 0.243 e. The summed E-state index contributed by atoms with van der Waals surface area (Å²) in [5, 5.41) is 12.4. The molecule has 1 heterocycles. The average Bonchev–Trinajstić information content (AvgIpc) is 2.56. The van der Waals surface area contributed by atoms with Gasteiger partial charge in [-0.1, -0.05) is 12.1 Å². The summed E-state index contributed by atoms with van der Waals surface area (Å²) >= 11 is 0. The van der Waals surface area contributed by atoms with Crippen molar-refractivity contribution in [1.29, 1.82) is 0 Å². The smallest absolute Gasteiger partial charge is 0.243 e. The summed E-state index contributed by atoms with van der Waals surface area (Å²) < 4.78 is 5.84. The number of aliphatic hydroxyl groups is 1. The number of carbonyl (C=O) groups is 1. The first-order valence-electron chi connectivity index (χ1n) is 8.12. The van der Waals surface area contributed by atoms with Gasteiger partial charge in [0.25, 0.3) is 0 Å². The second kappa shape index (κ2) is 8.86. The molecule has 1 atom stereocenters. The van der Waals surface area contributed by atoms with Crippen LogP contribution in [0.15, 0.2) is 24.3 Å². The number of nitrogens with one attached hydrogen (secondary N) is 1. The molecule has 1 fully saturated rings. The molecule has 6 heteroatoms. The Morgan fingerprint density at radius 1 is 1.43 bits per heavy atom. The number of piperazine rings is 1. The number of amides is 1. The standard InChI is InChI=1S/C17H27N3O3/c1-14-4-3-5-15(12-14)23-13-16(19(2)10-11-21)17(22)20-8-6-18-7-9-20/h3-5,12,16,18,21H,6-11,13H2,1-2H3. The zero-order chi connectivity index (χ0) is 16.7. The lowest BCUT2D eigenvalue weighted by Crippen LogP contribution is -2.55. The number of hydrogen-bond acceptors (Lipinski definition) is 5. The Hall–Kier alpha value is -1.63. The van der Waals surface area contributed by atoms with Gasteiger partial charge in [-0.25, -0.2) is 0 Å². The first kappa shape index (κ1) is 17.7. The van der Waals surface area contributed by atoms with Gasteiger partial charge >= 0.3 is 0 Å². The minimum absolute atomic E-state index is 0.0201. The Morgan fingerprint density at radius 2 is 2.17 bits per heavy atom. The minimum Gasteiger partial charge on any atom is -0.491 e. The molecule has 1 aliphatic rings. The van der Waals surface area contributed by atoms with Crippen LogP contribution in [0.4, 0.5) is 0 Å². The van der Waals surface area contributed by atoms with Crippen molar-refractivity contribution in [3.05, 3.63) is 29.8 Å². The van der Waals surface area contributed by atoms with Crippen molar-refractivity contribution in [3.63, 3.8) is 0 Å². The molecule has 1 aromatic carbocycles. The quantitative estimate of drug-likeness (QED) is 0.746. The molecule has 0 bridgehead atoms. The Balaban J connectivity index is 2.02. The Morgan fingerprint density at radius 3 is 2.83 bits per heavy atom. The van der Waals surface area contributed by atoms with Crippen LogP contribution < -0.4 is 10.1 Å². The Bertz CT molecular complexity index is 504. The summed E-state index contributed by atoms with van der Waals surface area (Å²) in [6, 6.07) is 7.41. The van der Waals surface area contributed by atoms with Crippen molar-refractivity contribution in [3.8, 4) is 5.75 Å². The number of ether oxygens (including phenoxy) is 1. The third-order valence-electron chi connectivity index (χ3n) is 4.10. The van der Waals surface area contributed by atoms with Crippen molar-refractivity contribution in [2.45, 2.75) is 13.0 Å². The number of aliphatic hydroxyl groups excluding tert-OH is 1. The number of benzene rings is 1. The molecule has 1 saturated heterocycles. The summed E-state index contributed by atoms with van der Waals surface area (Å²) in [5.74, 6) is 0.829. The van der Waals surface area contributed by atoms with E-state index in [-0.39, 0.29) is 25.2 Å². The van der Waals surface area contributed by atoms with E-state index in [1.807, 2.05) is 48.0 Å². The molecule has 1 amide bonds. The van der Waals surface area contributed by atoms with E-state index in [4.69, 9.17) is 4.74 Å². The van der Waals surface area contributed by atoms with E-state index in [0.29, 0.717) is 19.6 Å². The minimum atomic E-state index is -0.388. The molecule has 2 rings (SSSR count). The van der Waals surface area contributed by atoms with Crippen molar-refractivity contribution in [2.24, 2.45) is 0 Å². The molecule has 0 aliphatic carbocycles. The van der Waals surface area contributed by atoms with Gasteiger partial charge in [0.15, 0.2) is 0 Å². The van der Waals surface area contributed by atoms with Crippen molar-refractivity contribution in [1.82, 2.24) is 15.1 Å². The van der Waals surface area contributed by atoms with Crippen LogP contribution in [0.3, 0.4) is 0 Å². The SMILES string of the molecule is Cc1cccc(OCC(C(=O)N2CCNCC2)N(C)CCO)c1. The van der Waals surface area contributed by atoms with Crippen LogP contribution in [-0.4, -0.2) is 79.8 Å². The molecule has 0 saturated carbocycles. The van der Waals surface area contributed by atoms with E-state index in [9.17, 15) is 9.90 Å².